The highest BCUT2D eigenvalue weighted by Gasteiger charge is 2.21. The molecule has 1 heterocycles. The van der Waals surface area contributed by atoms with Crippen LogP contribution in [-0.2, 0) is 10.0 Å². The molecule has 0 aliphatic rings. The first kappa shape index (κ1) is 14.3. The van der Waals surface area contributed by atoms with Crippen molar-refractivity contribution in [2.45, 2.75) is 4.90 Å². The van der Waals surface area contributed by atoms with E-state index < -0.39 is 10.0 Å². The number of nitrogens with two attached hydrogens (primary N) is 1. The summed E-state index contributed by atoms with van der Waals surface area (Å²) in [6.45, 7) is 0. The molecule has 19 heavy (non-hydrogen) atoms. The summed E-state index contributed by atoms with van der Waals surface area (Å²) in [6, 6.07) is 5.16. The Kier molecular flexibility index (Phi) is 3.82. The van der Waals surface area contributed by atoms with Crippen molar-refractivity contribution >= 4 is 55.9 Å². The first-order valence-electron chi connectivity index (χ1n) is 4.86. The van der Waals surface area contributed by atoms with Crippen molar-refractivity contribution in [3.8, 4) is 5.75 Å². The number of nitrogen functional groups attached to an aromatic ring is 1. The number of benzene rings is 1. The molecule has 0 saturated heterocycles. The van der Waals surface area contributed by atoms with Gasteiger partial charge >= 0.3 is 0 Å². The Morgan fingerprint density at radius 1 is 1.26 bits per heavy atom. The third-order valence-corrected chi connectivity index (χ3v) is 5.31. The molecule has 0 atom stereocenters. The molecular formula is C10H8Cl2N2O3S2. The van der Waals surface area contributed by atoms with E-state index in [1.807, 2.05) is 0 Å². The van der Waals surface area contributed by atoms with Gasteiger partial charge in [-0.15, -0.1) is 11.3 Å². The van der Waals surface area contributed by atoms with E-state index in [-0.39, 0.29) is 30.7 Å². The largest absolute Gasteiger partial charge is 0.508 e. The Balaban J connectivity index is 2.39. The summed E-state index contributed by atoms with van der Waals surface area (Å²) in [7, 11) is -3.88. The van der Waals surface area contributed by atoms with Crippen molar-refractivity contribution in [2.24, 2.45) is 0 Å². The zero-order valence-corrected chi connectivity index (χ0v) is 12.4. The van der Waals surface area contributed by atoms with Crippen LogP contribution in [0.15, 0.2) is 29.2 Å². The third kappa shape index (κ3) is 3.06. The molecule has 1 aromatic heterocycles. The van der Waals surface area contributed by atoms with Crippen LogP contribution in [0.2, 0.25) is 8.67 Å². The van der Waals surface area contributed by atoms with Crippen LogP contribution in [0, 0.1) is 0 Å². The average molecular weight is 339 g/mol. The highest BCUT2D eigenvalue weighted by atomic mass is 35.5. The molecule has 0 bridgehead atoms. The van der Waals surface area contributed by atoms with Crippen LogP contribution in [-0.4, -0.2) is 13.5 Å². The van der Waals surface area contributed by atoms with Gasteiger partial charge in [0, 0.05) is 6.07 Å². The number of hydrogen-bond donors (Lipinski definition) is 3. The van der Waals surface area contributed by atoms with Crippen molar-refractivity contribution in [3.63, 3.8) is 0 Å². The number of halogens is 2. The number of aromatic hydroxyl groups is 1. The molecule has 2 aromatic rings. The van der Waals surface area contributed by atoms with E-state index in [2.05, 4.69) is 4.72 Å². The quantitative estimate of drug-likeness (QED) is 0.592. The summed E-state index contributed by atoms with van der Waals surface area (Å²) in [6.07, 6.45) is 0. The van der Waals surface area contributed by atoms with Gasteiger partial charge in [0.05, 0.1) is 15.7 Å². The van der Waals surface area contributed by atoms with Crippen LogP contribution >= 0.6 is 34.5 Å². The van der Waals surface area contributed by atoms with Crippen LogP contribution in [0.5, 0.6) is 5.75 Å². The fraction of sp³-hybridized carbons (Fsp3) is 0. The fourth-order valence-electron chi connectivity index (χ4n) is 1.35. The van der Waals surface area contributed by atoms with Crippen LogP contribution in [0.3, 0.4) is 0 Å². The fourth-order valence-corrected chi connectivity index (χ4v) is 4.59. The van der Waals surface area contributed by atoms with Gasteiger partial charge in [-0.1, -0.05) is 23.2 Å². The van der Waals surface area contributed by atoms with Gasteiger partial charge in [0.1, 0.15) is 15.0 Å². The molecule has 9 heteroatoms. The van der Waals surface area contributed by atoms with E-state index in [1.54, 1.807) is 0 Å². The third-order valence-electron chi connectivity index (χ3n) is 2.19. The summed E-state index contributed by atoms with van der Waals surface area (Å²) in [4.78, 5) is -0.114. The smallest absolute Gasteiger partial charge is 0.264 e. The lowest BCUT2D eigenvalue weighted by Gasteiger charge is -2.09. The van der Waals surface area contributed by atoms with Gasteiger partial charge in [-0.05, 0) is 18.2 Å². The standard InChI is InChI=1S/C10H8Cl2N2O3S2/c11-9-4-8(10(12)18-9)19(16,17)14-7-2-1-5(15)3-6(7)13/h1-4,14-15H,13H2. The number of thiophene rings is 1. The second kappa shape index (κ2) is 5.09. The lowest BCUT2D eigenvalue weighted by atomic mass is 10.2. The lowest BCUT2D eigenvalue weighted by molar-refractivity contribution is 0.475. The molecule has 102 valence electrons. The predicted molar refractivity (Wildman–Crippen MR) is 77.7 cm³/mol. The molecule has 0 saturated carbocycles. The Labute approximate surface area is 123 Å². The molecular weight excluding hydrogens is 331 g/mol. The summed E-state index contributed by atoms with van der Waals surface area (Å²) in [5.74, 6) is -0.0583. The Bertz CT molecular complexity index is 728. The number of sulfonamides is 1. The monoisotopic (exact) mass is 338 g/mol. The molecule has 1 aromatic carbocycles. The number of phenolic OH excluding ortho intramolecular Hbond substituents is 1. The molecule has 2 rings (SSSR count). The number of phenols is 1. The van der Waals surface area contributed by atoms with Gasteiger partial charge in [0.15, 0.2) is 0 Å². The first-order chi connectivity index (χ1) is 8.79. The second-order valence-electron chi connectivity index (χ2n) is 3.57. The topological polar surface area (TPSA) is 92.4 Å². The second-order valence-corrected chi connectivity index (χ2v) is 7.50. The maximum atomic E-state index is 12.1. The molecule has 0 amide bonds. The van der Waals surface area contributed by atoms with Crippen molar-refractivity contribution in [1.82, 2.24) is 0 Å². The molecule has 0 radical (unpaired) electrons. The molecule has 0 aliphatic heterocycles. The van der Waals surface area contributed by atoms with Gasteiger partial charge in [0.2, 0.25) is 0 Å². The Hall–Kier alpha value is -1.15. The van der Waals surface area contributed by atoms with Crippen molar-refractivity contribution < 1.29 is 13.5 Å². The molecule has 0 aliphatic carbocycles. The maximum absolute atomic E-state index is 12.1. The minimum absolute atomic E-state index is 0.0583. The maximum Gasteiger partial charge on any atom is 0.264 e. The Morgan fingerprint density at radius 3 is 2.47 bits per heavy atom. The van der Waals surface area contributed by atoms with Gasteiger partial charge < -0.3 is 10.8 Å². The zero-order valence-electron chi connectivity index (χ0n) is 9.22. The molecule has 0 fully saturated rings. The minimum Gasteiger partial charge on any atom is -0.508 e. The molecule has 4 N–H and O–H groups in total. The van der Waals surface area contributed by atoms with Crippen LogP contribution in [0.25, 0.3) is 0 Å². The highest BCUT2D eigenvalue weighted by Crippen LogP contribution is 2.35. The average Bonchev–Trinajstić information content (AvgIpc) is 2.63. The number of nitrogens with one attached hydrogen (secondary N) is 1. The summed E-state index contributed by atoms with van der Waals surface area (Å²) >= 11 is 12.5. The number of anilines is 2. The highest BCUT2D eigenvalue weighted by molar-refractivity contribution is 7.93. The van der Waals surface area contributed by atoms with Crippen LogP contribution in [0.4, 0.5) is 11.4 Å². The van der Waals surface area contributed by atoms with Gasteiger partial charge in [-0.3, -0.25) is 4.72 Å². The minimum atomic E-state index is -3.88. The van der Waals surface area contributed by atoms with E-state index in [0.29, 0.717) is 0 Å². The summed E-state index contributed by atoms with van der Waals surface area (Å²) in [5.41, 5.74) is 5.85. The normalized spacial score (nSPS) is 11.5. The van der Waals surface area contributed by atoms with E-state index in [4.69, 9.17) is 28.9 Å². The van der Waals surface area contributed by atoms with Crippen LogP contribution < -0.4 is 10.5 Å². The molecule has 0 spiro atoms. The lowest BCUT2D eigenvalue weighted by Crippen LogP contribution is -2.13. The van der Waals surface area contributed by atoms with Gasteiger partial charge in [-0.2, -0.15) is 0 Å². The van der Waals surface area contributed by atoms with Crippen LogP contribution in [0.1, 0.15) is 0 Å². The van der Waals surface area contributed by atoms with Crippen molar-refractivity contribution in [3.05, 3.63) is 32.9 Å². The van der Waals surface area contributed by atoms with E-state index in [1.165, 1.54) is 24.3 Å². The molecule has 0 unspecified atom stereocenters. The first-order valence-corrected chi connectivity index (χ1v) is 7.91. The van der Waals surface area contributed by atoms with E-state index in [9.17, 15) is 13.5 Å². The van der Waals surface area contributed by atoms with Crippen molar-refractivity contribution in [1.29, 1.82) is 0 Å². The summed E-state index contributed by atoms with van der Waals surface area (Å²) < 4.78 is 26.8. The van der Waals surface area contributed by atoms with Gasteiger partial charge in [0.25, 0.3) is 10.0 Å². The molecule has 5 nitrogen and oxygen atoms in total. The number of rotatable bonds is 3. The predicted octanol–water partition coefficient (Wildman–Crippen LogP) is 3.14. The van der Waals surface area contributed by atoms with E-state index in [0.717, 1.165) is 11.3 Å². The summed E-state index contributed by atoms with van der Waals surface area (Å²) in [5, 5.41) is 9.21. The number of hydrogen-bond acceptors (Lipinski definition) is 5. The van der Waals surface area contributed by atoms with Crippen molar-refractivity contribution in [2.75, 3.05) is 10.5 Å². The zero-order chi connectivity index (χ0) is 14.2. The van der Waals surface area contributed by atoms with E-state index >= 15 is 0 Å². The SMILES string of the molecule is Nc1cc(O)ccc1NS(=O)(=O)c1cc(Cl)sc1Cl. The Morgan fingerprint density at radius 2 is 1.95 bits per heavy atom. The van der Waals surface area contributed by atoms with Gasteiger partial charge in [-0.25, -0.2) is 8.42 Å².